The third-order valence-electron chi connectivity index (χ3n) is 2.85. The maximum absolute atomic E-state index is 12.8. The van der Waals surface area contributed by atoms with Crippen molar-refractivity contribution in [2.24, 2.45) is 0 Å². The Kier molecular flexibility index (Phi) is 4.65. The summed E-state index contributed by atoms with van der Waals surface area (Å²) in [6.45, 7) is 1.48. The Morgan fingerprint density at radius 2 is 1.86 bits per heavy atom. The summed E-state index contributed by atoms with van der Waals surface area (Å²) in [6, 6.07) is 8.10. The Bertz CT molecular complexity index is 761. The first kappa shape index (κ1) is 15.9. The molecule has 4 nitrogen and oxygen atoms in total. The normalized spacial score (nSPS) is 11.4. The van der Waals surface area contributed by atoms with E-state index in [2.05, 4.69) is 20.7 Å². The molecule has 0 fully saturated rings. The van der Waals surface area contributed by atoms with Gasteiger partial charge in [0.05, 0.1) is 6.61 Å². The van der Waals surface area contributed by atoms with Crippen LogP contribution in [0.3, 0.4) is 0 Å². The highest BCUT2D eigenvalue weighted by atomic mass is 79.9. The lowest BCUT2D eigenvalue weighted by molar-refractivity contribution is 0.281. The second-order valence-electron chi connectivity index (χ2n) is 4.50. The van der Waals surface area contributed by atoms with Crippen LogP contribution in [0.15, 0.2) is 45.8 Å². The molecule has 2 aromatic carbocycles. The van der Waals surface area contributed by atoms with Crippen LogP contribution in [0.2, 0.25) is 0 Å². The summed E-state index contributed by atoms with van der Waals surface area (Å²) in [6.07, 6.45) is 0. The number of hydrogen-bond acceptors (Lipinski definition) is 3. The van der Waals surface area contributed by atoms with Gasteiger partial charge in [-0.25, -0.2) is 12.8 Å². The smallest absolute Gasteiger partial charge is 0.263 e. The maximum Gasteiger partial charge on any atom is 0.263 e. The first-order valence-electron chi connectivity index (χ1n) is 6.02. The van der Waals surface area contributed by atoms with Crippen LogP contribution in [0.5, 0.6) is 0 Å². The number of hydrogen-bond donors (Lipinski definition) is 2. The molecule has 0 heterocycles. The van der Waals surface area contributed by atoms with E-state index in [4.69, 9.17) is 0 Å². The van der Waals surface area contributed by atoms with Crippen molar-refractivity contribution < 1.29 is 17.9 Å². The highest BCUT2D eigenvalue weighted by Gasteiger charge is 2.20. The van der Waals surface area contributed by atoms with Crippen molar-refractivity contribution in [1.29, 1.82) is 0 Å². The fourth-order valence-electron chi connectivity index (χ4n) is 1.82. The van der Waals surface area contributed by atoms with Gasteiger partial charge in [0, 0.05) is 10.2 Å². The molecular weight excluding hydrogens is 361 g/mol. The Balaban J connectivity index is 2.44. The molecule has 21 heavy (non-hydrogen) atoms. The molecule has 0 saturated carbocycles. The summed E-state index contributed by atoms with van der Waals surface area (Å²) in [4.78, 5) is 0.0240. The number of halogens is 2. The van der Waals surface area contributed by atoms with E-state index in [1.165, 1.54) is 30.3 Å². The Morgan fingerprint density at radius 3 is 2.43 bits per heavy atom. The zero-order valence-electron chi connectivity index (χ0n) is 11.1. The predicted octanol–water partition coefficient (Wildman–Crippen LogP) is 3.19. The molecule has 0 spiro atoms. The summed E-state index contributed by atoms with van der Waals surface area (Å²) in [5.74, 6) is -0.447. The number of aliphatic hydroxyl groups is 1. The van der Waals surface area contributed by atoms with E-state index < -0.39 is 15.8 Å². The van der Waals surface area contributed by atoms with Crippen molar-refractivity contribution in [3.63, 3.8) is 0 Å². The fraction of sp³-hybridized carbons (Fsp3) is 0.143. The molecule has 7 heteroatoms. The summed E-state index contributed by atoms with van der Waals surface area (Å²) in [5, 5.41) is 9.19. The van der Waals surface area contributed by atoms with Crippen molar-refractivity contribution in [3.05, 3.63) is 57.8 Å². The third-order valence-corrected chi connectivity index (χ3v) is 5.57. The third kappa shape index (κ3) is 3.61. The molecule has 0 aliphatic heterocycles. The SMILES string of the molecule is Cc1cc(CO)cc(S(=O)(=O)Nc2ccc(F)cc2)c1Br. The van der Waals surface area contributed by atoms with Crippen molar-refractivity contribution in [2.45, 2.75) is 18.4 Å². The Hall–Kier alpha value is -1.44. The van der Waals surface area contributed by atoms with Gasteiger partial charge in [-0.1, -0.05) is 6.07 Å². The molecule has 112 valence electrons. The van der Waals surface area contributed by atoms with Crippen LogP contribution in [0, 0.1) is 12.7 Å². The lowest BCUT2D eigenvalue weighted by Gasteiger charge is -2.12. The maximum atomic E-state index is 12.8. The highest BCUT2D eigenvalue weighted by molar-refractivity contribution is 9.10. The summed E-state index contributed by atoms with van der Waals surface area (Å²) >= 11 is 3.24. The average Bonchev–Trinajstić information content (AvgIpc) is 2.43. The number of sulfonamides is 1. The van der Waals surface area contributed by atoms with Gasteiger partial charge in [-0.2, -0.15) is 0 Å². The number of aryl methyl sites for hydroxylation is 1. The standard InChI is InChI=1S/C14H13BrFNO3S/c1-9-6-10(8-18)7-13(14(9)15)21(19,20)17-12-4-2-11(16)3-5-12/h2-7,17-18H,8H2,1H3. The molecule has 2 rings (SSSR count). The zero-order chi connectivity index (χ0) is 15.6. The van der Waals surface area contributed by atoms with Crippen LogP contribution in [-0.4, -0.2) is 13.5 Å². The monoisotopic (exact) mass is 373 g/mol. The quantitative estimate of drug-likeness (QED) is 0.864. The van der Waals surface area contributed by atoms with Crippen LogP contribution in [0.4, 0.5) is 10.1 Å². The van der Waals surface area contributed by atoms with Crippen LogP contribution in [-0.2, 0) is 16.6 Å². The second-order valence-corrected chi connectivity index (χ2v) is 6.94. The van der Waals surface area contributed by atoms with Crippen molar-refractivity contribution >= 4 is 31.6 Å². The zero-order valence-corrected chi connectivity index (χ0v) is 13.5. The molecule has 0 bridgehead atoms. The van der Waals surface area contributed by atoms with E-state index in [1.807, 2.05) is 0 Å². The topological polar surface area (TPSA) is 66.4 Å². The van der Waals surface area contributed by atoms with Crippen molar-refractivity contribution in [3.8, 4) is 0 Å². The predicted molar refractivity (Wildman–Crippen MR) is 82.0 cm³/mol. The number of benzene rings is 2. The average molecular weight is 374 g/mol. The van der Waals surface area contributed by atoms with Gasteiger partial charge in [0.1, 0.15) is 10.7 Å². The molecule has 0 radical (unpaired) electrons. The molecule has 0 saturated heterocycles. The molecular formula is C14H13BrFNO3S. The van der Waals surface area contributed by atoms with Gasteiger partial charge in [0.2, 0.25) is 0 Å². The molecule has 0 atom stereocenters. The van der Waals surface area contributed by atoms with Crippen LogP contribution in [0.1, 0.15) is 11.1 Å². The van der Waals surface area contributed by atoms with Crippen LogP contribution >= 0.6 is 15.9 Å². The molecule has 0 aromatic heterocycles. The molecule has 0 unspecified atom stereocenters. The highest BCUT2D eigenvalue weighted by Crippen LogP contribution is 2.29. The lowest BCUT2D eigenvalue weighted by atomic mass is 10.1. The first-order valence-corrected chi connectivity index (χ1v) is 8.29. The van der Waals surface area contributed by atoms with Gasteiger partial charge in [-0.15, -0.1) is 0 Å². The molecule has 2 N–H and O–H groups in total. The molecule has 0 amide bonds. The van der Waals surface area contributed by atoms with Gasteiger partial charge >= 0.3 is 0 Å². The van der Waals surface area contributed by atoms with Crippen molar-refractivity contribution in [2.75, 3.05) is 4.72 Å². The van der Waals surface area contributed by atoms with Crippen LogP contribution < -0.4 is 4.72 Å². The van der Waals surface area contributed by atoms with E-state index in [0.29, 0.717) is 15.6 Å². The van der Waals surface area contributed by atoms with Gasteiger partial charge in [0.15, 0.2) is 0 Å². The summed E-state index contributed by atoms with van der Waals surface area (Å²) in [5.41, 5.74) is 1.45. The minimum absolute atomic E-state index is 0.0240. The summed E-state index contributed by atoms with van der Waals surface area (Å²) < 4.78 is 40.5. The van der Waals surface area contributed by atoms with E-state index in [-0.39, 0.29) is 17.2 Å². The van der Waals surface area contributed by atoms with Crippen LogP contribution in [0.25, 0.3) is 0 Å². The van der Waals surface area contributed by atoms with Crippen molar-refractivity contribution in [1.82, 2.24) is 0 Å². The van der Waals surface area contributed by atoms with E-state index in [1.54, 1.807) is 13.0 Å². The van der Waals surface area contributed by atoms with Gasteiger partial charge in [-0.05, 0) is 64.3 Å². The molecule has 0 aliphatic carbocycles. The lowest BCUT2D eigenvalue weighted by Crippen LogP contribution is -2.14. The first-order chi connectivity index (χ1) is 9.83. The van der Waals surface area contributed by atoms with Gasteiger partial charge in [-0.3, -0.25) is 4.72 Å². The second kappa shape index (κ2) is 6.13. The molecule has 2 aromatic rings. The minimum atomic E-state index is -3.84. The summed E-state index contributed by atoms with van der Waals surface area (Å²) in [7, 11) is -3.84. The fourth-order valence-corrected chi connectivity index (χ4v) is 3.95. The Labute approximate surface area is 130 Å². The minimum Gasteiger partial charge on any atom is -0.392 e. The number of rotatable bonds is 4. The Morgan fingerprint density at radius 1 is 1.24 bits per heavy atom. The van der Waals surface area contributed by atoms with E-state index in [9.17, 15) is 17.9 Å². The van der Waals surface area contributed by atoms with E-state index in [0.717, 1.165) is 0 Å². The number of aliphatic hydroxyl groups excluding tert-OH is 1. The van der Waals surface area contributed by atoms with E-state index >= 15 is 0 Å². The molecule has 0 aliphatic rings. The largest absolute Gasteiger partial charge is 0.392 e. The van der Waals surface area contributed by atoms with Gasteiger partial charge < -0.3 is 5.11 Å². The van der Waals surface area contributed by atoms with Gasteiger partial charge in [0.25, 0.3) is 10.0 Å². The number of anilines is 1. The number of nitrogens with one attached hydrogen (secondary N) is 1.